The predicted octanol–water partition coefficient (Wildman–Crippen LogP) is 13.6. The van der Waals surface area contributed by atoms with Gasteiger partial charge in [-0.3, -0.25) is 0 Å². The van der Waals surface area contributed by atoms with E-state index in [1.807, 2.05) is 41.7 Å². The van der Waals surface area contributed by atoms with Crippen LogP contribution in [0.1, 0.15) is 31.9 Å². The molecule has 0 aliphatic heterocycles. The molecule has 5 heteroatoms. The van der Waals surface area contributed by atoms with Gasteiger partial charge in [0.05, 0.1) is 21.4 Å². The second-order valence-corrected chi connectivity index (χ2v) is 15.2. The van der Waals surface area contributed by atoms with Gasteiger partial charge in [-0.05, 0) is 90.2 Å². The van der Waals surface area contributed by atoms with Crippen LogP contribution in [0.4, 0.5) is 17.1 Å². The first-order valence-corrected chi connectivity index (χ1v) is 17.5. The molecule has 0 saturated heterocycles. The summed E-state index contributed by atoms with van der Waals surface area (Å²) in [5.41, 5.74) is 10.8. The van der Waals surface area contributed by atoms with Gasteiger partial charge in [0.15, 0.2) is 5.58 Å². The largest absolute Gasteiger partial charge is 0.454 e. The Hall–Kier alpha value is -5.03. The summed E-state index contributed by atoms with van der Waals surface area (Å²) in [6.07, 6.45) is 0. The Balaban J connectivity index is 1.34. The predicted molar refractivity (Wildman–Crippen MR) is 207 cm³/mol. The van der Waals surface area contributed by atoms with E-state index < -0.39 is 0 Å². The lowest BCUT2D eigenvalue weighted by atomic mass is 9.86. The van der Waals surface area contributed by atoms with Gasteiger partial charge in [0.2, 0.25) is 0 Å². The van der Waals surface area contributed by atoms with Crippen molar-refractivity contribution in [3.63, 3.8) is 0 Å². The third-order valence-corrected chi connectivity index (χ3v) is 10.8. The van der Waals surface area contributed by atoms with Crippen molar-refractivity contribution in [1.82, 2.24) is 4.57 Å². The van der Waals surface area contributed by atoms with Crippen LogP contribution in [0.15, 0.2) is 132 Å². The van der Waals surface area contributed by atoms with E-state index in [4.69, 9.17) is 16.0 Å². The van der Waals surface area contributed by atoms with E-state index in [1.54, 1.807) is 0 Å². The average Bonchev–Trinajstić information content (AvgIpc) is 3.73. The van der Waals surface area contributed by atoms with Crippen LogP contribution in [0.5, 0.6) is 0 Å². The monoisotopic (exact) mass is 660 g/mol. The quantitative estimate of drug-likeness (QED) is 0.187. The van der Waals surface area contributed by atoms with Crippen LogP contribution in [-0.4, -0.2) is 4.57 Å². The molecular formula is C43H33ClN2OS. The minimum absolute atomic E-state index is 0.0466. The van der Waals surface area contributed by atoms with Crippen LogP contribution in [0, 0.1) is 6.92 Å². The van der Waals surface area contributed by atoms with E-state index >= 15 is 0 Å². The fraction of sp³-hybridized carbons (Fsp3) is 0.116. The summed E-state index contributed by atoms with van der Waals surface area (Å²) in [5.74, 6) is 0. The Morgan fingerprint density at radius 2 is 1.46 bits per heavy atom. The van der Waals surface area contributed by atoms with Crippen molar-refractivity contribution in [2.24, 2.45) is 0 Å². The molecule has 9 aromatic rings. The molecular weight excluding hydrogens is 628 g/mol. The van der Waals surface area contributed by atoms with Gasteiger partial charge < -0.3 is 13.9 Å². The zero-order valence-corrected chi connectivity index (χ0v) is 28.8. The van der Waals surface area contributed by atoms with Gasteiger partial charge in [-0.25, -0.2) is 0 Å². The Morgan fingerprint density at radius 3 is 2.29 bits per heavy atom. The van der Waals surface area contributed by atoms with E-state index in [9.17, 15) is 0 Å². The van der Waals surface area contributed by atoms with Crippen molar-refractivity contribution < 1.29 is 4.42 Å². The smallest absolute Gasteiger partial charge is 0.159 e. The fourth-order valence-corrected chi connectivity index (χ4v) is 8.55. The topological polar surface area (TPSA) is 21.3 Å². The lowest BCUT2D eigenvalue weighted by molar-refractivity contribution is 0.591. The molecule has 234 valence electrons. The first-order valence-electron chi connectivity index (χ1n) is 16.3. The molecule has 0 spiro atoms. The number of anilines is 3. The minimum atomic E-state index is 0.0466. The molecule has 3 aromatic heterocycles. The molecule has 0 N–H and O–H groups in total. The normalized spacial score (nSPS) is 12.3. The van der Waals surface area contributed by atoms with Crippen LogP contribution >= 0.6 is 22.9 Å². The van der Waals surface area contributed by atoms with E-state index in [1.165, 1.54) is 36.8 Å². The average molecular weight is 661 g/mol. The van der Waals surface area contributed by atoms with Crippen molar-refractivity contribution in [3.05, 3.63) is 144 Å². The van der Waals surface area contributed by atoms with Crippen molar-refractivity contribution in [2.75, 3.05) is 4.90 Å². The van der Waals surface area contributed by atoms with Crippen molar-refractivity contribution >= 4 is 93.1 Å². The number of aromatic nitrogens is 1. The highest BCUT2D eigenvalue weighted by atomic mass is 35.5. The van der Waals surface area contributed by atoms with Crippen molar-refractivity contribution in [2.45, 2.75) is 33.1 Å². The molecule has 0 atom stereocenters. The lowest BCUT2D eigenvalue weighted by Gasteiger charge is -2.27. The molecule has 0 fully saturated rings. The maximum Gasteiger partial charge on any atom is 0.159 e. The van der Waals surface area contributed by atoms with Crippen molar-refractivity contribution in [1.29, 1.82) is 0 Å². The van der Waals surface area contributed by atoms with Gasteiger partial charge in [0.25, 0.3) is 0 Å². The molecule has 0 aliphatic carbocycles. The molecule has 48 heavy (non-hydrogen) atoms. The number of nitrogens with zero attached hydrogens (tertiary/aromatic N) is 2. The number of fused-ring (bicyclic) bond motifs is 8. The first kappa shape index (κ1) is 29.1. The van der Waals surface area contributed by atoms with Gasteiger partial charge in [0, 0.05) is 48.3 Å². The molecule has 9 rings (SSSR count). The van der Waals surface area contributed by atoms with Gasteiger partial charge >= 0.3 is 0 Å². The molecule has 0 bridgehead atoms. The van der Waals surface area contributed by atoms with Crippen LogP contribution in [-0.2, 0) is 5.41 Å². The Bertz CT molecular complexity index is 2700. The van der Waals surface area contributed by atoms with E-state index in [0.29, 0.717) is 5.02 Å². The van der Waals surface area contributed by atoms with Crippen LogP contribution < -0.4 is 4.90 Å². The molecule has 3 heterocycles. The zero-order valence-electron chi connectivity index (χ0n) is 27.2. The van der Waals surface area contributed by atoms with Crippen LogP contribution in [0.3, 0.4) is 0 Å². The Morgan fingerprint density at radius 1 is 0.688 bits per heavy atom. The molecule has 0 aliphatic rings. The summed E-state index contributed by atoms with van der Waals surface area (Å²) >= 11 is 8.54. The highest BCUT2D eigenvalue weighted by Crippen LogP contribution is 2.46. The van der Waals surface area contributed by atoms with Crippen LogP contribution in [0.25, 0.3) is 58.8 Å². The van der Waals surface area contributed by atoms with E-state index in [-0.39, 0.29) is 5.41 Å². The fourth-order valence-electron chi connectivity index (χ4n) is 7.16. The summed E-state index contributed by atoms with van der Waals surface area (Å²) < 4.78 is 11.7. The Labute approximate surface area is 288 Å². The van der Waals surface area contributed by atoms with E-state index in [2.05, 4.69) is 134 Å². The van der Waals surface area contributed by atoms with E-state index in [0.717, 1.165) is 50.3 Å². The third-order valence-electron chi connectivity index (χ3n) is 9.40. The third kappa shape index (κ3) is 4.55. The number of furan rings is 1. The number of halogens is 1. The number of hydrogen-bond acceptors (Lipinski definition) is 3. The highest BCUT2D eigenvalue weighted by Gasteiger charge is 2.24. The summed E-state index contributed by atoms with van der Waals surface area (Å²) in [7, 11) is 0. The first-order chi connectivity index (χ1) is 23.2. The van der Waals surface area contributed by atoms with Gasteiger partial charge in [-0.15, -0.1) is 11.3 Å². The number of benzene rings is 6. The number of para-hydroxylation sites is 2. The maximum absolute atomic E-state index is 6.66. The highest BCUT2D eigenvalue weighted by molar-refractivity contribution is 7.26. The summed E-state index contributed by atoms with van der Waals surface area (Å²) in [6.45, 7) is 9.03. The SMILES string of the molecule is Cc1cc(N(c2cccc(Cl)c2)c2cccc3c2oc2ccccc23)cc(-n2c3ccc(C(C)(C)C)cc3c3sc4ccccc4c32)c1. The summed E-state index contributed by atoms with van der Waals surface area (Å²) in [6, 6.07) is 45.3. The summed E-state index contributed by atoms with van der Waals surface area (Å²) in [5, 5.41) is 5.43. The zero-order chi connectivity index (χ0) is 32.7. The number of aryl methyl sites for hydroxylation is 1. The molecule has 0 unspecified atom stereocenters. The van der Waals surface area contributed by atoms with Crippen LogP contribution in [0.2, 0.25) is 5.02 Å². The van der Waals surface area contributed by atoms with Gasteiger partial charge in [-0.1, -0.05) is 93.0 Å². The molecule has 0 saturated carbocycles. The Kier molecular flexibility index (Phi) is 6.52. The minimum Gasteiger partial charge on any atom is -0.454 e. The summed E-state index contributed by atoms with van der Waals surface area (Å²) in [4.78, 5) is 2.28. The number of rotatable bonds is 4. The maximum atomic E-state index is 6.66. The second-order valence-electron chi connectivity index (χ2n) is 13.7. The number of thiophene rings is 1. The lowest BCUT2D eigenvalue weighted by Crippen LogP contribution is -2.11. The van der Waals surface area contributed by atoms with Gasteiger partial charge in [0.1, 0.15) is 5.58 Å². The van der Waals surface area contributed by atoms with Crippen molar-refractivity contribution in [3.8, 4) is 5.69 Å². The molecule has 3 nitrogen and oxygen atoms in total. The second kappa shape index (κ2) is 10.7. The molecule has 0 radical (unpaired) electrons. The molecule has 0 amide bonds. The van der Waals surface area contributed by atoms with Gasteiger partial charge in [-0.2, -0.15) is 0 Å². The standard InChI is InChI=1S/C43H33ClN2OS/c1-26-21-30(45(29-12-9-11-28(44)24-29)37-16-10-15-33-32-13-5-7-17-38(32)47-41(33)37)25-31(22-26)46-36-20-19-27(43(2,3)4)23-35(36)42-40(46)34-14-6-8-18-39(34)48-42/h5-25H,1-4H3. The number of hydrogen-bond donors (Lipinski definition) is 0. The molecule has 6 aromatic carbocycles.